The summed E-state index contributed by atoms with van der Waals surface area (Å²) in [5.74, 6) is 0. The fraction of sp³-hybridized carbons (Fsp3) is 0.294. The Labute approximate surface area is 115 Å². The molecule has 0 nitrogen and oxygen atoms in total. The molecule has 0 fully saturated rings. The quantitative estimate of drug-likeness (QED) is 0.629. The Balaban J connectivity index is 2.78. The Bertz CT molecular complexity index is 507. The number of rotatable bonds is 1. The molecule has 0 heterocycles. The van der Waals surface area contributed by atoms with Crippen LogP contribution in [0, 0.1) is 34.6 Å². The topological polar surface area (TPSA) is 0 Å². The summed E-state index contributed by atoms with van der Waals surface area (Å²) >= 11 is 6.11. The number of hydrogen-bond donors (Lipinski definition) is 0. The van der Waals surface area contributed by atoms with Gasteiger partial charge in [-0.15, -0.1) is 0 Å². The second-order valence-corrected chi connectivity index (χ2v) is 5.62. The van der Waals surface area contributed by atoms with Crippen molar-refractivity contribution in [3.8, 4) is 11.1 Å². The lowest BCUT2D eigenvalue weighted by molar-refractivity contribution is 1.29. The largest absolute Gasteiger partial charge is 0.0843 e. The molecule has 0 spiro atoms. The van der Waals surface area contributed by atoms with E-state index in [0.29, 0.717) is 0 Å². The third-order valence-corrected chi connectivity index (χ3v) is 3.64. The van der Waals surface area contributed by atoms with Crippen molar-refractivity contribution in [3.05, 3.63) is 57.1 Å². The van der Waals surface area contributed by atoms with Gasteiger partial charge in [-0.05, 0) is 80.1 Å². The molecule has 0 amide bonds. The van der Waals surface area contributed by atoms with Crippen LogP contribution in [0.1, 0.15) is 27.8 Å². The number of halogens is 1. The normalized spacial score (nSPS) is 10.8. The average molecular weight is 259 g/mol. The van der Waals surface area contributed by atoms with Gasteiger partial charge in [0.25, 0.3) is 0 Å². The van der Waals surface area contributed by atoms with Crippen LogP contribution in [0.3, 0.4) is 0 Å². The molecule has 0 aliphatic heterocycles. The predicted octanol–water partition coefficient (Wildman–Crippen LogP) is 5.55. The van der Waals surface area contributed by atoms with Crippen molar-refractivity contribution >= 4 is 11.6 Å². The molecule has 0 bridgehead atoms. The lowest BCUT2D eigenvalue weighted by atomic mass is 9.88. The van der Waals surface area contributed by atoms with Crippen LogP contribution in [0.4, 0.5) is 0 Å². The van der Waals surface area contributed by atoms with Crippen LogP contribution in [-0.4, -0.2) is 0 Å². The van der Waals surface area contributed by atoms with Crippen LogP contribution in [0.25, 0.3) is 11.1 Å². The summed E-state index contributed by atoms with van der Waals surface area (Å²) in [5.41, 5.74) is 9.16. The van der Waals surface area contributed by atoms with E-state index in [2.05, 4.69) is 46.8 Å². The fourth-order valence-corrected chi connectivity index (χ4v) is 3.21. The van der Waals surface area contributed by atoms with E-state index < -0.39 is 0 Å². The average Bonchev–Trinajstić information content (AvgIpc) is 2.20. The highest BCUT2D eigenvalue weighted by Gasteiger charge is 2.12. The predicted molar refractivity (Wildman–Crippen MR) is 80.6 cm³/mol. The van der Waals surface area contributed by atoms with Crippen LogP contribution >= 0.6 is 11.6 Å². The van der Waals surface area contributed by atoms with E-state index in [4.69, 9.17) is 11.6 Å². The molecule has 2 aromatic rings. The molecular weight excluding hydrogens is 240 g/mol. The van der Waals surface area contributed by atoms with Gasteiger partial charge in [-0.25, -0.2) is 0 Å². The lowest BCUT2D eigenvalue weighted by Crippen LogP contribution is -1.95. The van der Waals surface area contributed by atoms with E-state index in [1.54, 1.807) is 0 Å². The molecule has 0 radical (unpaired) electrons. The molecular formula is C17H19Cl. The fourth-order valence-electron chi connectivity index (χ4n) is 2.88. The second kappa shape index (κ2) is 4.78. The Morgan fingerprint density at radius 1 is 0.611 bits per heavy atom. The number of benzene rings is 2. The molecule has 18 heavy (non-hydrogen) atoms. The molecule has 0 unspecified atom stereocenters. The minimum Gasteiger partial charge on any atom is -0.0843 e. The van der Waals surface area contributed by atoms with E-state index in [1.165, 1.54) is 38.9 Å². The SMILES string of the molecule is Cc1cc(C)c(-c2c(C)cc(Cl)cc2C)c(C)c1. The smallest absolute Gasteiger partial charge is 0.0411 e. The highest BCUT2D eigenvalue weighted by atomic mass is 35.5. The summed E-state index contributed by atoms with van der Waals surface area (Å²) in [6.45, 7) is 10.8. The van der Waals surface area contributed by atoms with Gasteiger partial charge in [0, 0.05) is 5.02 Å². The zero-order chi connectivity index (χ0) is 13.4. The van der Waals surface area contributed by atoms with E-state index in [9.17, 15) is 0 Å². The number of aryl methyl sites for hydroxylation is 5. The standard InChI is InChI=1S/C17H19Cl/c1-10-6-11(2)16(12(3)7-10)17-13(4)8-15(18)9-14(17)5/h6-9H,1-5H3. The van der Waals surface area contributed by atoms with Gasteiger partial charge in [0.15, 0.2) is 0 Å². The minimum atomic E-state index is 0.816. The van der Waals surface area contributed by atoms with Crippen molar-refractivity contribution in [1.82, 2.24) is 0 Å². The van der Waals surface area contributed by atoms with E-state index in [0.717, 1.165) is 5.02 Å². The highest BCUT2D eigenvalue weighted by Crippen LogP contribution is 2.34. The van der Waals surface area contributed by atoms with Gasteiger partial charge in [0.1, 0.15) is 0 Å². The zero-order valence-corrected chi connectivity index (χ0v) is 12.4. The molecule has 0 aliphatic carbocycles. The van der Waals surface area contributed by atoms with Crippen LogP contribution in [0.2, 0.25) is 5.02 Å². The Kier molecular flexibility index (Phi) is 3.49. The molecule has 0 atom stereocenters. The summed E-state index contributed by atoms with van der Waals surface area (Å²) in [5, 5.41) is 0.816. The molecule has 2 aromatic carbocycles. The summed E-state index contributed by atoms with van der Waals surface area (Å²) in [4.78, 5) is 0. The molecule has 0 saturated heterocycles. The lowest BCUT2D eigenvalue weighted by Gasteiger charge is -2.17. The van der Waals surface area contributed by atoms with Crippen molar-refractivity contribution in [2.24, 2.45) is 0 Å². The van der Waals surface area contributed by atoms with Gasteiger partial charge in [-0.1, -0.05) is 29.3 Å². The minimum absolute atomic E-state index is 0.816. The summed E-state index contributed by atoms with van der Waals surface area (Å²) in [6.07, 6.45) is 0. The van der Waals surface area contributed by atoms with Gasteiger partial charge < -0.3 is 0 Å². The van der Waals surface area contributed by atoms with Crippen molar-refractivity contribution in [1.29, 1.82) is 0 Å². The van der Waals surface area contributed by atoms with Gasteiger partial charge >= 0.3 is 0 Å². The Hall–Kier alpha value is -1.27. The first-order chi connectivity index (χ1) is 8.40. The monoisotopic (exact) mass is 258 g/mol. The van der Waals surface area contributed by atoms with Crippen molar-refractivity contribution in [2.45, 2.75) is 34.6 Å². The van der Waals surface area contributed by atoms with Gasteiger partial charge in [-0.3, -0.25) is 0 Å². The molecule has 0 aliphatic rings. The molecule has 1 heteroatoms. The second-order valence-electron chi connectivity index (χ2n) is 5.19. The first kappa shape index (κ1) is 13.2. The third-order valence-electron chi connectivity index (χ3n) is 3.42. The molecule has 0 N–H and O–H groups in total. The molecule has 94 valence electrons. The highest BCUT2D eigenvalue weighted by molar-refractivity contribution is 6.30. The maximum Gasteiger partial charge on any atom is 0.0411 e. The van der Waals surface area contributed by atoms with Crippen LogP contribution in [0.5, 0.6) is 0 Å². The van der Waals surface area contributed by atoms with E-state index in [-0.39, 0.29) is 0 Å². The van der Waals surface area contributed by atoms with Crippen LogP contribution in [-0.2, 0) is 0 Å². The summed E-state index contributed by atoms with van der Waals surface area (Å²) < 4.78 is 0. The van der Waals surface area contributed by atoms with E-state index >= 15 is 0 Å². The van der Waals surface area contributed by atoms with Crippen molar-refractivity contribution in [2.75, 3.05) is 0 Å². The summed E-state index contributed by atoms with van der Waals surface area (Å²) in [6, 6.07) is 8.58. The first-order valence-corrected chi connectivity index (χ1v) is 6.63. The van der Waals surface area contributed by atoms with Gasteiger partial charge in [-0.2, -0.15) is 0 Å². The Morgan fingerprint density at radius 3 is 1.33 bits per heavy atom. The maximum absolute atomic E-state index is 6.11. The zero-order valence-electron chi connectivity index (χ0n) is 11.7. The van der Waals surface area contributed by atoms with Crippen LogP contribution < -0.4 is 0 Å². The molecule has 0 saturated carbocycles. The van der Waals surface area contributed by atoms with Crippen molar-refractivity contribution < 1.29 is 0 Å². The Morgan fingerprint density at radius 2 is 0.944 bits per heavy atom. The van der Waals surface area contributed by atoms with Crippen molar-refractivity contribution in [3.63, 3.8) is 0 Å². The summed E-state index contributed by atoms with van der Waals surface area (Å²) in [7, 11) is 0. The van der Waals surface area contributed by atoms with Gasteiger partial charge in [0.05, 0.1) is 0 Å². The van der Waals surface area contributed by atoms with Crippen LogP contribution in [0.15, 0.2) is 24.3 Å². The van der Waals surface area contributed by atoms with E-state index in [1.807, 2.05) is 12.1 Å². The molecule has 2 rings (SSSR count). The first-order valence-electron chi connectivity index (χ1n) is 6.25. The third kappa shape index (κ3) is 2.30. The maximum atomic E-state index is 6.11. The number of hydrogen-bond acceptors (Lipinski definition) is 0. The van der Waals surface area contributed by atoms with Gasteiger partial charge in [0.2, 0.25) is 0 Å². The molecule has 0 aromatic heterocycles.